The van der Waals surface area contributed by atoms with Crippen molar-refractivity contribution in [2.24, 2.45) is 0 Å². The zero-order chi connectivity index (χ0) is 15.6. The van der Waals surface area contributed by atoms with E-state index in [1.54, 1.807) is 0 Å². The second-order valence-electron chi connectivity index (χ2n) is 6.01. The fraction of sp³-hybridized carbons (Fsp3) is 0.0476. The molecule has 1 spiro atoms. The molecule has 0 saturated carbocycles. The molecule has 0 aliphatic heterocycles. The van der Waals surface area contributed by atoms with Gasteiger partial charge >= 0.3 is 0 Å². The van der Waals surface area contributed by atoms with Gasteiger partial charge in [-0.15, -0.1) is 0 Å². The van der Waals surface area contributed by atoms with Crippen molar-refractivity contribution in [1.82, 2.24) is 0 Å². The molecule has 110 valence electrons. The van der Waals surface area contributed by atoms with E-state index >= 15 is 0 Å². The molecule has 2 aliphatic carbocycles. The van der Waals surface area contributed by atoms with Crippen LogP contribution in [0.25, 0.3) is 15.6 Å². The van der Waals surface area contributed by atoms with Crippen LogP contribution < -0.4 is 0 Å². The van der Waals surface area contributed by atoms with E-state index in [2.05, 4.69) is 105 Å². The van der Waals surface area contributed by atoms with Crippen LogP contribution in [0.2, 0.25) is 0 Å². The second kappa shape index (κ2) is 4.68. The summed E-state index contributed by atoms with van der Waals surface area (Å²) in [7, 11) is 0. The van der Waals surface area contributed by atoms with Crippen molar-refractivity contribution in [3.8, 4) is 11.1 Å². The standard InChI is InChI=1S/C21H12Br2/c22-19-15-9-3-6-12-18(15)21(20(19)23)16-10-4-1-7-13(16)14-8-2-5-11-17(14)21/h1-12H. The van der Waals surface area contributed by atoms with Crippen LogP contribution in [-0.2, 0) is 5.41 Å². The number of allylic oxidation sites excluding steroid dienone is 1. The maximum Gasteiger partial charge on any atom is 0.0796 e. The van der Waals surface area contributed by atoms with E-state index in [4.69, 9.17) is 0 Å². The predicted molar refractivity (Wildman–Crippen MR) is 103 cm³/mol. The Morgan fingerprint density at radius 1 is 0.522 bits per heavy atom. The minimum Gasteiger partial charge on any atom is -0.0619 e. The molecule has 0 saturated heterocycles. The first-order valence-electron chi connectivity index (χ1n) is 7.61. The van der Waals surface area contributed by atoms with E-state index in [1.165, 1.54) is 37.9 Å². The summed E-state index contributed by atoms with van der Waals surface area (Å²) in [6.45, 7) is 0. The summed E-state index contributed by atoms with van der Waals surface area (Å²) in [5.41, 5.74) is 7.75. The first-order chi connectivity index (χ1) is 11.3. The lowest BCUT2D eigenvalue weighted by atomic mass is 9.74. The maximum absolute atomic E-state index is 3.94. The van der Waals surface area contributed by atoms with E-state index in [0.29, 0.717) is 0 Å². The fourth-order valence-electron chi connectivity index (χ4n) is 4.16. The minimum atomic E-state index is -0.234. The molecule has 2 heteroatoms. The van der Waals surface area contributed by atoms with E-state index in [-0.39, 0.29) is 5.41 Å². The van der Waals surface area contributed by atoms with Gasteiger partial charge in [-0.1, -0.05) is 88.7 Å². The summed E-state index contributed by atoms with van der Waals surface area (Å²) in [5, 5.41) is 0. The molecule has 0 bridgehead atoms. The summed E-state index contributed by atoms with van der Waals surface area (Å²) < 4.78 is 2.35. The van der Waals surface area contributed by atoms with Crippen LogP contribution in [-0.4, -0.2) is 0 Å². The highest BCUT2D eigenvalue weighted by Crippen LogP contribution is 2.63. The van der Waals surface area contributed by atoms with Gasteiger partial charge in [0.2, 0.25) is 0 Å². The number of hydrogen-bond donors (Lipinski definition) is 0. The molecule has 3 aromatic rings. The Morgan fingerprint density at radius 2 is 0.913 bits per heavy atom. The van der Waals surface area contributed by atoms with E-state index in [1.807, 2.05) is 0 Å². The highest BCUT2D eigenvalue weighted by Gasteiger charge is 2.51. The van der Waals surface area contributed by atoms with Gasteiger partial charge < -0.3 is 0 Å². The molecule has 23 heavy (non-hydrogen) atoms. The Balaban J connectivity index is 2.02. The Kier molecular flexibility index (Phi) is 2.80. The molecule has 3 aromatic carbocycles. The van der Waals surface area contributed by atoms with Crippen LogP contribution in [0.1, 0.15) is 22.3 Å². The van der Waals surface area contributed by atoms with Crippen molar-refractivity contribution in [2.45, 2.75) is 5.41 Å². The van der Waals surface area contributed by atoms with Crippen molar-refractivity contribution in [1.29, 1.82) is 0 Å². The Labute approximate surface area is 152 Å². The van der Waals surface area contributed by atoms with Gasteiger partial charge in [0, 0.05) is 8.96 Å². The molecule has 0 heterocycles. The molecule has 0 atom stereocenters. The first-order valence-corrected chi connectivity index (χ1v) is 9.20. The number of rotatable bonds is 0. The zero-order valence-electron chi connectivity index (χ0n) is 12.2. The van der Waals surface area contributed by atoms with Crippen molar-refractivity contribution in [3.63, 3.8) is 0 Å². The van der Waals surface area contributed by atoms with E-state index < -0.39 is 0 Å². The summed E-state index contributed by atoms with van der Waals surface area (Å²) >= 11 is 7.76. The van der Waals surface area contributed by atoms with Crippen molar-refractivity contribution < 1.29 is 0 Å². The second-order valence-corrected chi connectivity index (χ2v) is 7.60. The highest BCUT2D eigenvalue weighted by molar-refractivity contribution is 9.16. The van der Waals surface area contributed by atoms with E-state index in [0.717, 1.165) is 4.48 Å². The van der Waals surface area contributed by atoms with Crippen LogP contribution in [0.5, 0.6) is 0 Å². The van der Waals surface area contributed by atoms with Gasteiger partial charge in [0.25, 0.3) is 0 Å². The third-order valence-electron chi connectivity index (χ3n) is 5.04. The Bertz CT molecular complexity index is 952. The van der Waals surface area contributed by atoms with Crippen LogP contribution in [0.15, 0.2) is 77.3 Å². The number of halogens is 2. The van der Waals surface area contributed by atoms with E-state index in [9.17, 15) is 0 Å². The van der Waals surface area contributed by atoms with Gasteiger partial charge in [-0.3, -0.25) is 0 Å². The van der Waals surface area contributed by atoms with Gasteiger partial charge in [-0.25, -0.2) is 0 Å². The molecule has 5 rings (SSSR count). The largest absolute Gasteiger partial charge is 0.0796 e. The number of hydrogen-bond acceptors (Lipinski definition) is 0. The van der Waals surface area contributed by atoms with Crippen LogP contribution in [0.4, 0.5) is 0 Å². The SMILES string of the molecule is BrC1=C(Br)C2(c3ccccc31)c1ccccc1-c1ccccc12. The van der Waals surface area contributed by atoms with Gasteiger partial charge in [-0.2, -0.15) is 0 Å². The molecular weight excluding hydrogens is 412 g/mol. The minimum absolute atomic E-state index is 0.234. The fourth-order valence-corrected chi connectivity index (χ4v) is 5.66. The highest BCUT2D eigenvalue weighted by atomic mass is 79.9. The van der Waals surface area contributed by atoms with Gasteiger partial charge in [0.15, 0.2) is 0 Å². The van der Waals surface area contributed by atoms with Crippen LogP contribution in [0.3, 0.4) is 0 Å². The third-order valence-corrected chi connectivity index (χ3v) is 7.39. The van der Waals surface area contributed by atoms with Crippen LogP contribution in [0, 0.1) is 0 Å². The smallest absolute Gasteiger partial charge is 0.0619 e. The number of fused-ring (bicyclic) bond motifs is 7. The molecular formula is C21H12Br2. The van der Waals surface area contributed by atoms with Crippen molar-refractivity contribution in [2.75, 3.05) is 0 Å². The monoisotopic (exact) mass is 422 g/mol. The lowest BCUT2D eigenvalue weighted by Gasteiger charge is -2.29. The first kappa shape index (κ1) is 13.8. The molecule has 2 aliphatic rings. The quantitative estimate of drug-likeness (QED) is 0.388. The Hall–Kier alpha value is -1.64. The number of benzene rings is 3. The summed E-state index contributed by atoms with van der Waals surface area (Å²) in [6.07, 6.45) is 0. The third kappa shape index (κ3) is 1.51. The molecule has 0 N–H and O–H groups in total. The van der Waals surface area contributed by atoms with Gasteiger partial charge in [0.1, 0.15) is 0 Å². The molecule has 0 fully saturated rings. The average molecular weight is 424 g/mol. The Morgan fingerprint density at radius 3 is 1.43 bits per heavy atom. The van der Waals surface area contributed by atoms with Crippen LogP contribution >= 0.6 is 31.9 Å². The summed E-state index contributed by atoms with van der Waals surface area (Å²) in [5.74, 6) is 0. The molecule has 0 unspecified atom stereocenters. The maximum atomic E-state index is 3.94. The average Bonchev–Trinajstić information content (AvgIpc) is 3.03. The van der Waals surface area contributed by atoms with Crippen molar-refractivity contribution in [3.05, 3.63) is 99.5 Å². The van der Waals surface area contributed by atoms with Gasteiger partial charge in [-0.05, 0) is 49.3 Å². The lowest BCUT2D eigenvalue weighted by Crippen LogP contribution is -2.25. The summed E-state index contributed by atoms with van der Waals surface area (Å²) in [6, 6.07) is 26.2. The topological polar surface area (TPSA) is 0 Å². The molecule has 0 radical (unpaired) electrons. The predicted octanol–water partition coefficient (Wildman–Crippen LogP) is 6.47. The molecule has 0 amide bonds. The normalized spacial score (nSPS) is 16.4. The van der Waals surface area contributed by atoms with Gasteiger partial charge in [0.05, 0.1) is 5.41 Å². The zero-order valence-corrected chi connectivity index (χ0v) is 15.4. The molecule has 0 nitrogen and oxygen atoms in total. The lowest BCUT2D eigenvalue weighted by molar-refractivity contribution is 0.812. The van der Waals surface area contributed by atoms with Crippen molar-refractivity contribution >= 4 is 36.3 Å². The molecule has 0 aromatic heterocycles. The summed E-state index contributed by atoms with van der Waals surface area (Å²) in [4.78, 5) is 0.